The molecule has 0 radical (unpaired) electrons. The topological polar surface area (TPSA) is 124 Å². The monoisotopic (exact) mass is 432 g/mol. The normalized spacial score (nSPS) is 23.2. The van der Waals surface area contributed by atoms with Gasteiger partial charge in [-0.05, 0) is 31.2 Å². The van der Waals surface area contributed by atoms with E-state index < -0.39 is 23.7 Å². The highest BCUT2D eigenvalue weighted by molar-refractivity contribution is 5.87. The van der Waals surface area contributed by atoms with Gasteiger partial charge < -0.3 is 24.7 Å². The third-order valence-electron chi connectivity index (χ3n) is 5.93. The predicted molar refractivity (Wildman–Crippen MR) is 109 cm³/mol. The summed E-state index contributed by atoms with van der Waals surface area (Å²) >= 11 is 0. The first-order chi connectivity index (χ1) is 14.8. The van der Waals surface area contributed by atoms with Gasteiger partial charge in [-0.15, -0.1) is 0 Å². The van der Waals surface area contributed by atoms with Crippen LogP contribution in [-0.4, -0.2) is 68.6 Å². The lowest BCUT2D eigenvalue weighted by atomic mass is 10.1. The van der Waals surface area contributed by atoms with Gasteiger partial charge in [0.05, 0.1) is 6.61 Å². The number of benzene rings is 1. The van der Waals surface area contributed by atoms with Crippen molar-refractivity contribution in [3.05, 3.63) is 35.9 Å². The highest BCUT2D eigenvalue weighted by Gasteiger charge is 2.51. The van der Waals surface area contributed by atoms with E-state index in [-0.39, 0.29) is 50.6 Å². The van der Waals surface area contributed by atoms with E-state index in [9.17, 15) is 29.4 Å². The number of carbonyl (C=O) groups is 4. The van der Waals surface area contributed by atoms with Crippen molar-refractivity contribution in [2.24, 2.45) is 0 Å². The quantitative estimate of drug-likeness (QED) is 0.610. The Labute approximate surface area is 180 Å². The zero-order valence-corrected chi connectivity index (χ0v) is 17.4. The Bertz CT molecular complexity index is 828. The molecule has 2 fully saturated rings. The lowest BCUT2D eigenvalue weighted by molar-refractivity contribution is -0.197. The molecule has 1 aromatic rings. The molecular weight excluding hydrogens is 404 g/mol. The Kier molecular flexibility index (Phi) is 7.27. The molecule has 0 aliphatic carbocycles. The number of carboxylic acids is 2. The van der Waals surface area contributed by atoms with Gasteiger partial charge in [-0.3, -0.25) is 9.59 Å². The Hall–Kier alpha value is -2.94. The van der Waals surface area contributed by atoms with Crippen LogP contribution in [0, 0.1) is 0 Å². The molecule has 2 aliphatic rings. The average Bonchev–Trinajstić information content (AvgIpc) is 3.41. The van der Waals surface area contributed by atoms with Crippen LogP contribution in [0.3, 0.4) is 0 Å². The smallest absolute Gasteiger partial charge is 0.357 e. The Morgan fingerprint density at radius 3 is 2.39 bits per heavy atom. The third kappa shape index (κ3) is 5.04. The van der Waals surface area contributed by atoms with E-state index in [1.807, 2.05) is 30.3 Å². The third-order valence-corrected chi connectivity index (χ3v) is 5.93. The van der Waals surface area contributed by atoms with Crippen LogP contribution in [0.25, 0.3) is 0 Å². The number of hydrogen-bond donors (Lipinski definition) is 2. The highest BCUT2D eigenvalue weighted by atomic mass is 16.5. The van der Waals surface area contributed by atoms with Crippen molar-refractivity contribution >= 4 is 23.8 Å². The number of amides is 2. The second-order valence-corrected chi connectivity index (χ2v) is 7.95. The summed E-state index contributed by atoms with van der Waals surface area (Å²) in [4.78, 5) is 51.1. The van der Waals surface area contributed by atoms with Gasteiger partial charge in [0.25, 0.3) is 0 Å². The molecule has 1 aromatic carbocycles. The van der Waals surface area contributed by atoms with Crippen molar-refractivity contribution in [1.29, 1.82) is 0 Å². The molecule has 2 saturated heterocycles. The van der Waals surface area contributed by atoms with E-state index in [0.29, 0.717) is 25.8 Å². The maximum atomic E-state index is 12.8. The summed E-state index contributed by atoms with van der Waals surface area (Å²) in [5.41, 5.74) is -0.896. The molecule has 2 aliphatic heterocycles. The van der Waals surface area contributed by atoms with Crippen LogP contribution < -0.4 is 0 Å². The van der Waals surface area contributed by atoms with E-state index in [1.54, 1.807) is 0 Å². The summed E-state index contributed by atoms with van der Waals surface area (Å²) in [6.07, 6.45) is 2.08. The molecule has 0 saturated carbocycles. The number of rotatable bonds is 9. The van der Waals surface area contributed by atoms with Crippen molar-refractivity contribution in [3.63, 3.8) is 0 Å². The zero-order valence-electron chi connectivity index (χ0n) is 17.4. The zero-order chi connectivity index (χ0) is 22.4. The summed E-state index contributed by atoms with van der Waals surface area (Å²) < 4.78 is 5.79. The lowest BCUT2D eigenvalue weighted by Gasteiger charge is -2.34. The minimum absolute atomic E-state index is 0.00104. The molecule has 0 bridgehead atoms. The molecule has 3 rings (SSSR count). The molecule has 2 atom stereocenters. The predicted octanol–water partition coefficient (Wildman–Crippen LogP) is 1.85. The molecular formula is C22H28N2O7. The second kappa shape index (κ2) is 9.91. The van der Waals surface area contributed by atoms with Crippen LogP contribution in [0.1, 0.15) is 50.5 Å². The molecule has 2 amide bonds. The van der Waals surface area contributed by atoms with Crippen molar-refractivity contribution in [2.75, 3.05) is 13.1 Å². The Balaban J connectivity index is 1.57. The number of carboxylic acid groups (broad SMARTS) is 2. The van der Waals surface area contributed by atoms with Gasteiger partial charge in [0.15, 0.2) is 0 Å². The van der Waals surface area contributed by atoms with Gasteiger partial charge in [-0.25, -0.2) is 9.59 Å². The van der Waals surface area contributed by atoms with Gasteiger partial charge in [-0.1, -0.05) is 30.3 Å². The number of ether oxygens (including phenoxy) is 1. The van der Waals surface area contributed by atoms with Gasteiger partial charge in [-0.2, -0.15) is 0 Å². The summed E-state index contributed by atoms with van der Waals surface area (Å²) in [5, 5.41) is 19.1. The number of aliphatic carboxylic acids is 2. The maximum absolute atomic E-state index is 12.8. The second-order valence-electron chi connectivity index (χ2n) is 7.95. The maximum Gasteiger partial charge on any atom is 0.357 e. The van der Waals surface area contributed by atoms with Crippen molar-refractivity contribution < 1.29 is 34.1 Å². The molecule has 0 unspecified atom stereocenters. The standard InChI is InChI=1S/C22H28N2O7/c25-18(23-13-5-9-17(23)20(27)28)10-4-11-19(26)24-14-6-12-22(24,21(29)30)31-15-16-7-2-1-3-8-16/h1-3,7-8,17H,4-6,9-15H2,(H,27,28)(H,29,30)/t17-,22-/m1/s1. The molecule has 168 valence electrons. The highest BCUT2D eigenvalue weighted by Crippen LogP contribution is 2.33. The SMILES string of the molecule is O=C(O)[C@H]1CCCN1C(=O)CCCC(=O)N1CCC[C@@]1(OCc1ccccc1)C(=O)O. The molecule has 9 nitrogen and oxygen atoms in total. The number of carbonyl (C=O) groups excluding carboxylic acids is 2. The fourth-order valence-electron chi connectivity index (χ4n) is 4.32. The first-order valence-electron chi connectivity index (χ1n) is 10.6. The summed E-state index contributed by atoms with van der Waals surface area (Å²) in [5.74, 6) is -2.88. The first kappa shape index (κ1) is 22.7. The van der Waals surface area contributed by atoms with Gasteiger partial charge in [0, 0.05) is 32.4 Å². The van der Waals surface area contributed by atoms with Crippen LogP contribution in [-0.2, 0) is 30.5 Å². The molecule has 9 heteroatoms. The van der Waals surface area contributed by atoms with Crippen LogP contribution in [0.15, 0.2) is 30.3 Å². The Morgan fingerprint density at radius 1 is 1.00 bits per heavy atom. The summed E-state index contributed by atoms with van der Waals surface area (Å²) in [6, 6.07) is 8.36. The molecule has 0 aromatic heterocycles. The Morgan fingerprint density at radius 2 is 1.71 bits per heavy atom. The van der Waals surface area contributed by atoms with E-state index >= 15 is 0 Å². The van der Waals surface area contributed by atoms with Crippen molar-refractivity contribution in [1.82, 2.24) is 9.80 Å². The van der Waals surface area contributed by atoms with E-state index in [4.69, 9.17) is 4.74 Å². The van der Waals surface area contributed by atoms with E-state index in [2.05, 4.69) is 0 Å². The molecule has 2 N–H and O–H groups in total. The minimum Gasteiger partial charge on any atom is -0.480 e. The minimum atomic E-state index is -1.71. The van der Waals surface area contributed by atoms with Crippen molar-refractivity contribution in [2.45, 2.75) is 63.3 Å². The van der Waals surface area contributed by atoms with Crippen LogP contribution in [0.5, 0.6) is 0 Å². The fourth-order valence-corrected chi connectivity index (χ4v) is 4.32. The van der Waals surface area contributed by atoms with Gasteiger partial charge in [0.1, 0.15) is 6.04 Å². The van der Waals surface area contributed by atoms with E-state index in [1.165, 1.54) is 9.80 Å². The van der Waals surface area contributed by atoms with Gasteiger partial charge in [0.2, 0.25) is 17.5 Å². The largest absolute Gasteiger partial charge is 0.480 e. The van der Waals surface area contributed by atoms with Crippen LogP contribution in [0.2, 0.25) is 0 Å². The van der Waals surface area contributed by atoms with Gasteiger partial charge >= 0.3 is 11.9 Å². The lowest BCUT2D eigenvalue weighted by Crippen LogP contribution is -2.55. The molecule has 2 heterocycles. The average molecular weight is 432 g/mol. The molecule has 31 heavy (non-hydrogen) atoms. The van der Waals surface area contributed by atoms with Crippen molar-refractivity contribution in [3.8, 4) is 0 Å². The number of nitrogens with zero attached hydrogens (tertiary/aromatic N) is 2. The number of hydrogen-bond acceptors (Lipinski definition) is 5. The summed E-state index contributed by atoms with van der Waals surface area (Å²) in [7, 11) is 0. The van der Waals surface area contributed by atoms with E-state index in [0.717, 1.165) is 5.56 Å². The molecule has 0 spiro atoms. The summed E-state index contributed by atoms with van der Waals surface area (Å²) in [6.45, 7) is 0.757. The number of likely N-dealkylation sites (tertiary alicyclic amines) is 2. The first-order valence-corrected chi connectivity index (χ1v) is 10.6. The fraction of sp³-hybridized carbons (Fsp3) is 0.545. The van der Waals surface area contributed by atoms with Crippen LogP contribution in [0.4, 0.5) is 0 Å². The van der Waals surface area contributed by atoms with Crippen LogP contribution >= 0.6 is 0 Å².